The summed E-state index contributed by atoms with van der Waals surface area (Å²) < 4.78 is 1.87. The van der Waals surface area contributed by atoms with Gasteiger partial charge in [-0.25, -0.2) is 0 Å². The largest absolute Gasteiger partial charge is 0.370 e. The normalized spacial score (nSPS) is 11.6. The van der Waals surface area contributed by atoms with E-state index in [2.05, 4.69) is 15.5 Å². The molecular weight excluding hydrogens is 352 g/mol. The van der Waals surface area contributed by atoms with E-state index in [1.165, 1.54) is 11.8 Å². The second kappa shape index (κ2) is 9.01. The summed E-state index contributed by atoms with van der Waals surface area (Å²) in [6.45, 7) is 4.36. The number of nitriles is 1. The highest BCUT2D eigenvalue weighted by molar-refractivity contribution is 8.00. The number of hydrogen-bond acceptors (Lipinski definition) is 6. The summed E-state index contributed by atoms with van der Waals surface area (Å²) in [5.74, 6) is 0.109. The molecule has 1 atom stereocenters. The molecule has 0 aliphatic carbocycles. The maximum atomic E-state index is 12.4. The maximum Gasteiger partial charge on any atom is 0.237 e. The van der Waals surface area contributed by atoms with Gasteiger partial charge in [0.1, 0.15) is 5.82 Å². The number of anilines is 1. The van der Waals surface area contributed by atoms with Crippen LogP contribution in [0.15, 0.2) is 29.4 Å². The second-order valence-electron chi connectivity index (χ2n) is 5.55. The number of primary amides is 1. The van der Waals surface area contributed by atoms with Crippen LogP contribution in [0, 0.1) is 11.3 Å². The van der Waals surface area contributed by atoms with Crippen molar-refractivity contribution >= 4 is 29.3 Å². The number of rotatable bonds is 8. The van der Waals surface area contributed by atoms with Gasteiger partial charge in [-0.1, -0.05) is 11.8 Å². The van der Waals surface area contributed by atoms with Gasteiger partial charge in [-0.15, -0.1) is 10.2 Å². The van der Waals surface area contributed by atoms with Crippen LogP contribution >= 0.6 is 11.8 Å². The van der Waals surface area contributed by atoms with Crippen molar-refractivity contribution in [2.45, 2.75) is 43.6 Å². The lowest BCUT2D eigenvalue weighted by molar-refractivity contribution is -0.118. The number of nitrogens with one attached hydrogen (secondary N) is 1. The molecule has 26 heavy (non-hydrogen) atoms. The number of benzene rings is 1. The average molecular weight is 372 g/mol. The molecule has 1 aromatic heterocycles. The molecule has 3 N–H and O–H groups in total. The monoisotopic (exact) mass is 372 g/mol. The van der Waals surface area contributed by atoms with E-state index in [1.807, 2.05) is 17.6 Å². The number of aryl methyl sites for hydroxylation is 1. The number of nitrogens with two attached hydrogens (primary N) is 1. The summed E-state index contributed by atoms with van der Waals surface area (Å²) in [5, 5.41) is 20.1. The first-order valence-electron chi connectivity index (χ1n) is 8.12. The molecule has 1 aromatic carbocycles. The van der Waals surface area contributed by atoms with Crippen LogP contribution in [0.3, 0.4) is 0 Å². The molecule has 0 bridgehead atoms. The van der Waals surface area contributed by atoms with E-state index >= 15 is 0 Å². The first-order chi connectivity index (χ1) is 12.4. The van der Waals surface area contributed by atoms with E-state index in [1.54, 1.807) is 31.2 Å². The number of carbonyl (C=O) groups is 2. The third-order valence-corrected chi connectivity index (χ3v) is 4.72. The zero-order chi connectivity index (χ0) is 19.1. The van der Waals surface area contributed by atoms with Crippen LogP contribution in [-0.2, 0) is 22.6 Å². The van der Waals surface area contributed by atoms with Gasteiger partial charge in [0.2, 0.25) is 11.8 Å². The summed E-state index contributed by atoms with van der Waals surface area (Å²) in [7, 11) is 0. The standard InChI is InChI=1S/C17H20N6O2S/c1-3-23-15(9-8-14(19)24)21-22-17(23)26-11(2)16(25)20-13-6-4-12(10-18)5-7-13/h4-7,11H,3,8-9H2,1-2H3,(H2,19,24)(H,20,25)/t11-/m1/s1. The molecule has 2 amide bonds. The van der Waals surface area contributed by atoms with Gasteiger partial charge in [-0.05, 0) is 38.1 Å². The fraction of sp³-hybridized carbons (Fsp3) is 0.353. The van der Waals surface area contributed by atoms with Crippen molar-refractivity contribution in [3.8, 4) is 6.07 Å². The number of amides is 2. The van der Waals surface area contributed by atoms with Gasteiger partial charge in [-0.3, -0.25) is 9.59 Å². The summed E-state index contributed by atoms with van der Waals surface area (Å²) in [6, 6.07) is 8.69. The highest BCUT2D eigenvalue weighted by atomic mass is 32.2. The molecule has 136 valence electrons. The van der Waals surface area contributed by atoms with Gasteiger partial charge in [0, 0.05) is 25.1 Å². The van der Waals surface area contributed by atoms with Crippen molar-refractivity contribution in [1.29, 1.82) is 5.26 Å². The number of hydrogen-bond donors (Lipinski definition) is 2. The van der Waals surface area contributed by atoms with E-state index in [-0.39, 0.29) is 18.2 Å². The molecule has 0 aliphatic heterocycles. The molecule has 2 rings (SSSR count). The molecule has 8 nitrogen and oxygen atoms in total. The highest BCUT2D eigenvalue weighted by Gasteiger charge is 2.20. The van der Waals surface area contributed by atoms with E-state index in [9.17, 15) is 9.59 Å². The van der Waals surface area contributed by atoms with Gasteiger partial charge in [-0.2, -0.15) is 5.26 Å². The van der Waals surface area contributed by atoms with Crippen molar-refractivity contribution in [2.75, 3.05) is 5.32 Å². The van der Waals surface area contributed by atoms with Gasteiger partial charge in [0.05, 0.1) is 16.9 Å². The lowest BCUT2D eigenvalue weighted by Gasteiger charge is -2.12. The summed E-state index contributed by atoms with van der Waals surface area (Å²) in [6.07, 6.45) is 0.625. The molecule has 0 saturated heterocycles. The molecule has 1 heterocycles. The van der Waals surface area contributed by atoms with Crippen LogP contribution < -0.4 is 11.1 Å². The highest BCUT2D eigenvalue weighted by Crippen LogP contribution is 2.24. The van der Waals surface area contributed by atoms with Crippen LogP contribution in [0.1, 0.15) is 31.7 Å². The Morgan fingerprint density at radius 1 is 1.35 bits per heavy atom. The smallest absolute Gasteiger partial charge is 0.237 e. The molecule has 0 fully saturated rings. The van der Waals surface area contributed by atoms with Gasteiger partial charge in [0.25, 0.3) is 0 Å². The predicted molar refractivity (Wildman–Crippen MR) is 98.3 cm³/mol. The van der Waals surface area contributed by atoms with Gasteiger partial charge < -0.3 is 15.6 Å². The molecule has 0 unspecified atom stereocenters. The molecule has 0 radical (unpaired) electrons. The van der Waals surface area contributed by atoms with E-state index in [0.717, 1.165) is 0 Å². The SMILES string of the molecule is CCn1c(CCC(N)=O)nnc1S[C@H](C)C(=O)Nc1ccc(C#N)cc1. The van der Waals surface area contributed by atoms with Crippen molar-refractivity contribution < 1.29 is 9.59 Å². The zero-order valence-corrected chi connectivity index (χ0v) is 15.4. The Balaban J connectivity index is 2.01. The van der Waals surface area contributed by atoms with Crippen molar-refractivity contribution in [3.05, 3.63) is 35.7 Å². The molecule has 0 aliphatic rings. The van der Waals surface area contributed by atoms with Crippen molar-refractivity contribution in [3.63, 3.8) is 0 Å². The molecule has 2 aromatic rings. The van der Waals surface area contributed by atoms with Crippen LogP contribution in [-0.4, -0.2) is 31.8 Å². The predicted octanol–water partition coefficient (Wildman–Crippen LogP) is 1.71. The third-order valence-electron chi connectivity index (χ3n) is 3.64. The Kier molecular flexibility index (Phi) is 6.74. The minimum Gasteiger partial charge on any atom is -0.370 e. The molecule has 9 heteroatoms. The zero-order valence-electron chi connectivity index (χ0n) is 14.6. The van der Waals surface area contributed by atoms with Gasteiger partial charge >= 0.3 is 0 Å². The Bertz CT molecular complexity index is 825. The van der Waals surface area contributed by atoms with Crippen molar-refractivity contribution in [1.82, 2.24) is 14.8 Å². The van der Waals surface area contributed by atoms with E-state index in [4.69, 9.17) is 11.0 Å². The summed E-state index contributed by atoms with van der Waals surface area (Å²) in [5.41, 5.74) is 6.34. The Labute approximate surface area is 155 Å². The van der Waals surface area contributed by atoms with Crippen LogP contribution in [0.4, 0.5) is 5.69 Å². The second-order valence-corrected chi connectivity index (χ2v) is 6.86. The number of nitrogens with zero attached hydrogens (tertiary/aromatic N) is 4. The van der Waals surface area contributed by atoms with Crippen LogP contribution in [0.2, 0.25) is 0 Å². The quantitative estimate of drug-likeness (QED) is 0.679. The number of thioether (sulfide) groups is 1. The summed E-state index contributed by atoms with van der Waals surface area (Å²) >= 11 is 1.29. The van der Waals surface area contributed by atoms with E-state index < -0.39 is 5.25 Å². The molecule has 0 spiro atoms. The first-order valence-corrected chi connectivity index (χ1v) is 9.00. The Hall–Kier alpha value is -2.86. The average Bonchev–Trinajstić information content (AvgIpc) is 3.02. The third kappa shape index (κ3) is 5.07. The van der Waals surface area contributed by atoms with Crippen LogP contribution in [0.5, 0.6) is 0 Å². The Morgan fingerprint density at radius 2 is 2.04 bits per heavy atom. The molecular formula is C17H20N6O2S. The first kappa shape index (κ1) is 19.5. The fourth-order valence-electron chi connectivity index (χ4n) is 2.23. The Morgan fingerprint density at radius 3 is 2.62 bits per heavy atom. The van der Waals surface area contributed by atoms with Gasteiger partial charge in [0.15, 0.2) is 5.16 Å². The fourth-order valence-corrected chi connectivity index (χ4v) is 3.16. The summed E-state index contributed by atoms with van der Waals surface area (Å²) in [4.78, 5) is 23.3. The minimum absolute atomic E-state index is 0.177. The number of carbonyl (C=O) groups excluding carboxylic acids is 2. The lowest BCUT2D eigenvalue weighted by atomic mass is 10.2. The lowest BCUT2D eigenvalue weighted by Crippen LogP contribution is -2.23. The van der Waals surface area contributed by atoms with Crippen molar-refractivity contribution in [2.24, 2.45) is 5.73 Å². The topological polar surface area (TPSA) is 127 Å². The van der Waals surface area contributed by atoms with E-state index in [0.29, 0.717) is 35.2 Å². The maximum absolute atomic E-state index is 12.4. The minimum atomic E-state index is -0.399. The molecule has 0 saturated carbocycles. The van der Waals surface area contributed by atoms with Crippen LogP contribution in [0.25, 0.3) is 0 Å². The number of aromatic nitrogens is 3.